The van der Waals surface area contributed by atoms with Crippen LogP contribution < -0.4 is 0 Å². The molecule has 1 heterocycles. The molecule has 1 rings (SSSR count). The summed E-state index contributed by atoms with van der Waals surface area (Å²) in [7, 11) is 4.52. The van der Waals surface area contributed by atoms with Crippen molar-refractivity contribution in [3.63, 3.8) is 0 Å². The Labute approximate surface area is 116 Å². The molecule has 0 spiro atoms. The lowest BCUT2D eigenvalue weighted by Crippen LogP contribution is -2.38. The van der Waals surface area contributed by atoms with E-state index in [1.54, 1.807) is 0 Å². The van der Waals surface area contributed by atoms with E-state index in [2.05, 4.69) is 53.7 Å². The SMILES string of the molecule is CC(C)C(CBr)CN(C)CC1CCN(C)CC1. The minimum absolute atomic E-state index is 0.773. The van der Waals surface area contributed by atoms with Gasteiger partial charge in [-0.05, 0) is 57.8 Å². The van der Waals surface area contributed by atoms with Crippen molar-refractivity contribution in [2.24, 2.45) is 17.8 Å². The Hall–Kier alpha value is 0.400. The molecule has 1 unspecified atom stereocenters. The monoisotopic (exact) mass is 304 g/mol. The molecule has 1 fully saturated rings. The molecule has 0 aromatic rings. The molecule has 0 bridgehead atoms. The number of hydrogen-bond acceptors (Lipinski definition) is 2. The van der Waals surface area contributed by atoms with E-state index < -0.39 is 0 Å². The van der Waals surface area contributed by atoms with Gasteiger partial charge in [-0.1, -0.05) is 29.8 Å². The molecule has 1 aliphatic rings. The van der Waals surface area contributed by atoms with Crippen molar-refractivity contribution in [3.8, 4) is 0 Å². The number of halogens is 1. The predicted molar refractivity (Wildman–Crippen MR) is 79.8 cm³/mol. The van der Waals surface area contributed by atoms with Crippen molar-refractivity contribution in [2.75, 3.05) is 45.6 Å². The average Bonchev–Trinajstić information content (AvgIpc) is 2.28. The molecule has 0 aromatic heterocycles. The van der Waals surface area contributed by atoms with Crippen LogP contribution in [0.1, 0.15) is 26.7 Å². The van der Waals surface area contributed by atoms with Gasteiger partial charge in [0.25, 0.3) is 0 Å². The summed E-state index contributed by atoms with van der Waals surface area (Å²) < 4.78 is 0. The second kappa shape index (κ2) is 7.75. The van der Waals surface area contributed by atoms with Crippen LogP contribution >= 0.6 is 15.9 Å². The van der Waals surface area contributed by atoms with Gasteiger partial charge < -0.3 is 9.80 Å². The van der Waals surface area contributed by atoms with E-state index in [9.17, 15) is 0 Å². The lowest BCUT2D eigenvalue weighted by molar-refractivity contribution is 0.161. The third-order valence-electron chi connectivity index (χ3n) is 4.10. The maximum Gasteiger partial charge on any atom is 0.00743 e. The lowest BCUT2D eigenvalue weighted by atomic mass is 9.94. The number of hydrogen-bond donors (Lipinski definition) is 0. The Bertz CT molecular complexity index is 200. The summed E-state index contributed by atoms with van der Waals surface area (Å²) in [6, 6.07) is 0. The molecular weight excluding hydrogens is 276 g/mol. The third-order valence-corrected chi connectivity index (χ3v) is 4.93. The molecule has 0 radical (unpaired) electrons. The van der Waals surface area contributed by atoms with E-state index in [4.69, 9.17) is 0 Å². The second-order valence-electron chi connectivity index (χ2n) is 6.13. The summed E-state index contributed by atoms with van der Waals surface area (Å²) in [4.78, 5) is 4.99. The largest absolute Gasteiger partial charge is 0.306 e. The van der Waals surface area contributed by atoms with Gasteiger partial charge in [0.05, 0.1) is 0 Å². The standard InChI is InChI=1S/C14H29BrN2/c1-12(2)14(9-15)11-17(4)10-13-5-7-16(3)8-6-13/h12-14H,5-11H2,1-4H3. The van der Waals surface area contributed by atoms with Crippen molar-refractivity contribution < 1.29 is 0 Å². The van der Waals surface area contributed by atoms with Crippen molar-refractivity contribution in [2.45, 2.75) is 26.7 Å². The fourth-order valence-corrected chi connectivity index (χ4v) is 3.55. The molecule has 17 heavy (non-hydrogen) atoms. The van der Waals surface area contributed by atoms with Gasteiger partial charge in [-0.25, -0.2) is 0 Å². The molecule has 2 nitrogen and oxygen atoms in total. The molecule has 0 saturated carbocycles. The van der Waals surface area contributed by atoms with E-state index >= 15 is 0 Å². The van der Waals surface area contributed by atoms with E-state index in [1.165, 1.54) is 39.0 Å². The predicted octanol–water partition coefficient (Wildman–Crippen LogP) is 2.93. The molecule has 0 N–H and O–H groups in total. The fourth-order valence-electron chi connectivity index (χ4n) is 2.60. The molecule has 1 aliphatic heterocycles. The van der Waals surface area contributed by atoms with Crippen LogP contribution in [-0.2, 0) is 0 Å². The first kappa shape index (κ1) is 15.5. The van der Waals surface area contributed by atoms with Gasteiger partial charge in [0.15, 0.2) is 0 Å². The van der Waals surface area contributed by atoms with E-state index in [0.717, 1.165) is 23.1 Å². The van der Waals surface area contributed by atoms with Gasteiger partial charge >= 0.3 is 0 Å². The van der Waals surface area contributed by atoms with Crippen LogP contribution in [0.3, 0.4) is 0 Å². The maximum absolute atomic E-state index is 3.64. The van der Waals surface area contributed by atoms with Crippen LogP contribution in [0.25, 0.3) is 0 Å². The number of piperidine rings is 1. The topological polar surface area (TPSA) is 6.48 Å². The summed E-state index contributed by atoms with van der Waals surface area (Å²) in [6.45, 7) is 9.74. The van der Waals surface area contributed by atoms with Crippen LogP contribution in [0.4, 0.5) is 0 Å². The lowest BCUT2D eigenvalue weighted by Gasteiger charge is -2.33. The van der Waals surface area contributed by atoms with Crippen LogP contribution in [0.2, 0.25) is 0 Å². The van der Waals surface area contributed by atoms with Gasteiger partial charge in [-0.3, -0.25) is 0 Å². The minimum atomic E-state index is 0.773. The summed E-state index contributed by atoms with van der Waals surface area (Å²) >= 11 is 3.64. The highest BCUT2D eigenvalue weighted by Crippen LogP contribution is 2.19. The number of likely N-dealkylation sites (tertiary alicyclic amines) is 1. The van der Waals surface area contributed by atoms with Crippen LogP contribution in [0.15, 0.2) is 0 Å². The molecule has 102 valence electrons. The van der Waals surface area contributed by atoms with E-state index in [-0.39, 0.29) is 0 Å². The smallest absolute Gasteiger partial charge is 0.00743 e. The highest BCUT2D eigenvalue weighted by molar-refractivity contribution is 9.09. The molecule has 0 aromatic carbocycles. The van der Waals surface area contributed by atoms with Crippen molar-refractivity contribution in [1.29, 1.82) is 0 Å². The number of nitrogens with zero attached hydrogens (tertiary/aromatic N) is 2. The van der Waals surface area contributed by atoms with Crippen molar-refractivity contribution in [3.05, 3.63) is 0 Å². The van der Waals surface area contributed by atoms with Gasteiger partial charge in [0.2, 0.25) is 0 Å². The fraction of sp³-hybridized carbons (Fsp3) is 1.00. The quantitative estimate of drug-likeness (QED) is 0.696. The first-order chi connectivity index (χ1) is 8.02. The van der Waals surface area contributed by atoms with Gasteiger partial charge in [0.1, 0.15) is 0 Å². The second-order valence-corrected chi connectivity index (χ2v) is 6.77. The zero-order valence-corrected chi connectivity index (χ0v) is 13.5. The summed E-state index contributed by atoms with van der Waals surface area (Å²) in [5.74, 6) is 2.47. The van der Waals surface area contributed by atoms with Gasteiger partial charge in [0, 0.05) is 18.4 Å². The van der Waals surface area contributed by atoms with Crippen LogP contribution in [-0.4, -0.2) is 55.4 Å². The molecular formula is C14H29BrN2. The average molecular weight is 305 g/mol. The van der Waals surface area contributed by atoms with E-state index in [0.29, 0.717) is 0 Å². The Morgan fingerprint density at radius 3 is 2.35 bits per heavy atom. The van der Waals surface area contributed by atoms with Crippen molar-refractivity contribution >= 4 is 15.9 Å². The summed E-state index contributed by atoms with van der Waals surface area (Å²) in [5, 5.41) is 1.13. The molecule has 3 heteroatoms. The zero-order valence-electron chi connectivity index (χ0n) is 12.0. The summed E-state index contributed by atoms with van der Waals surface area (Å²) in [5.41, 5.74) is 0. The molecule has 1 atom stereocenters. The first-order valence-corrected chi connectivity index (χ1v) is 8.08. The van der Waals surface area contributed by atoms with Crippen molar-refractivity contribution in [1.82, 2.24) is 9.80 Å². The Morgan fingerprint density at radius 2 is 1.88 bits per heavy atom. The first-order valence-electron chi connectivity index (χ1n) is 6.96. The van der Waals surface area contributed by atoms with Gasteiger partial charge in [-0.2, -0.15) is 0 Å². The van der Waals surface area contributed by atoms with Crippen LogP contribution in [0.5, 0.6) is 0 Å². The highest BCUT2D eigenvalue weighted by atomic mass is 79.9. The van der Waals surface area contributed by atoms with Crippen LogP contribution in [0, 0.1) is 17.8 Å². The van der Waals surface area contributed by atoms with E-state index in [1.807, 2.05) is 0 Å². The molecule has 0 amide bonds. The highest BCUT2D eigenvalue weighted by Gasteiger charge is 2.20. The normalized spacial score (nSPS) is 21.4. The molecule has 1 saturated heterocycles. The number of rotatable bonds is 6. The number of alkyl halides is 1. The molecule has 0 aliphatic carbocycles. The maximum atomic E-state index is 3.64. The Balaban J connectivity index is 2.26. The Morgan fingerprint density at radius 1 is 1.29 bits per heavy atom. The minimum Gasteiger partial charge on any atom is -0.306 e. The summed E-state index contributed by atoms with van der Waals surface area (Å²) in [6.07, 6.45) is 2.75. The Kier molecular flexibility index (Phi) is 7.05. The zero-order chi connectivity index (χ0) is 12.8. The van der Waals surface area contributed by atoms with Gasteiger partial charge in [-0.15, -0.1) is 0 Å². The third kappa shape index (κ3) is 5.71.